The maximum Gasteiger partial charge on any atom is 0.152 e. The van der Waals surface area contributed by atoms with Crippen molar-refractivity contribution in [1.29, 1.82) is 0 Å². The number of hydrogen-bond donors (Lipinski definition) is 1. The molecule has 0 aromatic heterocycles. The van der Waals surface area contributed by atoms with Gasteiger partial charge in [-0.15, -0.1) is 0 Å². The fraction of sp³-hybridized carbons (Fsp3) is 0.571. The fourth-order valence-electron chi connectivity index (χ4n) is 1.66. The quantitative estimate of drug-likeness (QED) is 0.828. The minimum absolute atomic E-state index is 0.200. The van der Waals surface area contributed by atoms with E-state index in [1.807, 2.05) is 45.0 Å². The van der Waals surface area contributed by atoms with E-state index < -0.39 is 9.84 Å². The molecule has 0 heterocycles. The first-order valence-electron chi connectivity index (χ1n) is 6.44. The van der Waals surface area contributed by atoms with Crippen LogP contribution in [-0.2, 0) is 9.84 Å². The van der Waals surface area contributed by atoms with Crippen molar-refractivity contribution in [2.75, 3.05) is 23.4 Å². The molecule has 3 nitrogen and oxygen atoms in total. The highest BCUT2D eigenvalue weighted by atomic mass is 32.2. The van der Waals surface area contributed by atoms with Gasteiger partial charge in [-0.05, 0) is 25.0 Å². The molecule has 0 fully saturated rings. The van der Waals surface area contributed by atoms with Crippen LogP contribution in [-0.4, -0.2) is 26.5 Å². The molecule has 18 heavy (non-hydrogen) atoms. The van der Waals surface area contributed by atoms with E-state index in [2.05, 4.69) is 5.32 Å². The molecule has 102 valence electrons. The highest BCUT2D eigenvalue weighted by Gasteiger charge is 2.14. The lowest BCUT2D eigenvalue weighted by Gasteiger charge is -2.10. The molecular weight excluding hydrogens is 246 g/mol. The van der Waals surface area contributed by atoms with E-state index in [0.29, 0.717) is 12.3 Å². The molecule has 0 saturated heterocycles. The zero-order valence-electron chi connectivity index (χ0n) is 11.4. The Morgan fingerprint density at radius 3 is 2.39 bits per heavy atom. The smallest absolute Gasteiger partial charge is 0.152 e. The van der Waals surface area contributed by atoms with Crippen molar-refractivity contribution in [2.24, 2.45) is 5.92 Å². The summed E-state index contributed by atoms with van der Waals surface area (Å²) in [6, 6.07) is 7.96. The highest BCUT2D eigenvalue weighted by Crippen LogP contribution is 2.09. The number of nitrogens with one attached hydrogen (secondary N) is 1. The van der Waals surface area contributed by atoms with Crippen LogP contribution in [0.15, 0.2) is 24.3 Å². The highest BCUT2D eigenvalue weighted by molar-refractivity contribution is 7.91. The number of benzene rings is 1. The summed E-state index contributed by atoms with van der Waals surface area (Å²) in [5, 5.41) is 3.14. The summed E-state index contributed by atoms with van der Waals surface area (Å²) in [7, 11) is -2.93. The van der Waals surface area contributed by atoms with Crippen LogP contribution < -0.4 is 5.32 Å². The Hall–Kier alpha value is -1.03. The second-order valence-electron chi connectivity index (χ2n) is 4.92. The van der Waals surface area contributed by atoms with Gasteiger partial charge in [-0.1, -0.05) is 38.0 Å². The van der Waals surface area contributed by atoms with E-state index in [9.17, 15) is 8.42 Å². The van der Waals surface area contributed by atoms with Gasteiger partial charge < -0.3 is 5.32 Å². The van der Waals surface area contributed by atoms with Crippen molar-refractivity contribution >= 4 is 15.5 Å². The van der Waals surface area contributed by atoms with Crippen molar-refractivity contribution in [2.45, 2.75) is 27.2 Å². The van der Waals surface area contributed by atoms with Gasteiger partial charge in [0.1, 0.15) is 0 Å². The molecule has 0 aliphatic heterocycles. The molecule has 4 heteroatoms. The maximum atomic E-state index is 11.8. The van der Waals surface area contributed by atoms with Gasteiger partial charge in [0.2, 0.25) is 0 Å². The van der Waals surface area contributed by atoms with Crippen LogP contribution in [0.3, 0.4) is 0 Å². The summed E-state index contributed by atoms with van der Waals surface area (Å²) in [6.07, 6.45) is 0.907. The Morgan fingerprint density at radius 1 is 1.22 bits per heavy atom. The third kappa shape index (κ3) is 5.54. The van der Waals surface area contributed by atoms with Crippen LogP contribution in [0.5, 0.6) is 0 Å². The molecule has 0 bridgehead atoms. The average Bonchev–Trinajstić information content (AvgIpc) is 2.31. The van der Waals surface area contributed by atoms with Gasteiger partial charge in [0.25, 0.3) is 0 Å². The summed E-state index contributed by atoms with van der Waals surface area (Å²) in [5.41, 5.74) is 2.17. The predicted molar refractivity (Wildman–Crippen MR) is 77.8 cm³/mol. The Labute approximate surface area is 111 Å². The summed E-state index contributed by atoms with van der Waals surface area (Å²) in [4.78, 5) is 0. The summed E-state index contributed by atoms with van der Waals surface area (Å²) in [5.74, 6) is 0.735. The molecule has 0 amide bonds. The molecule has 1 aromatic carbocycles. The number of aryl methyl sites for hydroxylation is 1. The van der Waals surface area contributed by atoms with Gasteiger partial charge in [0, 0.05) is 12.2 Å². The van der Waals surface area contributed by atoms with Crippen LogP contribution in [0.25, 0.3) is 0 Å². The van der Waals surface area contributed by atoms with Crippen molar-refractivity contribution in [3.05, 3.63) is 29.8 Å². The fourth-order valence-corrected chi connectivity index (χ4v) is 3.34. The molecule has 1 aromatic rings. The van der Waals surface area contributed by atoms with Gasteiger partial charge in [-0.25, -0.2) is 8.42 Å². The van der Waals surface area contributed by atoms with Crippen LogP contribution in [0.4, 0.5) is 5.69 Å². The first kappa shape index (κ1) is 15.0. The molecule has 1 unspecified atom stereocenters. The summed E-state index contributed by atoms with van der Waals surface area (Å²) >= 11 is 0. The molecule has 1 rings (SSSR count). The number of rotatable bonds is 7. The standard InChI is InChI=1S/C14H23NO2S/c1-4-12(2)11-18(16,17)10-9-15-14-7-5-13(3)6-8-14/h5-8,12,15H,4,9-11H2,1-3H3. The van der Waals surface area contributed by atoms with Crippen molar-refractivity contribution in [1.82, 2.24) is 0 Å². The van der Waals surface area contributed by atoms with Crippen molar-refractivity contribution in [3.63, 3.8) is 0 Å². The minimum atomic E-state index is -2.93. The molecule has 0 saturated carbocycles. The number of sulfone groups is 1. The lowest BCUT2D eigenvalue weighted by Crippen LogP contribution is -2.21. The lowest BCUT2D eigenvalue weighted by molar-refractivity contribution is 0.564. The maximum absolute atomic E-state index is 11.8. The normalized spacial score (nSPS) is 13.3. The SMILES string of the molecule is CCC(C)CS(=O)(=O)CCNc1ccc(C)cc1. The Bertz CT molecular complexity index is 451. The van der Waals surface area contributed by atoms with E-state index in [1.54, 1.807) is 0 Å². The molecule has 0 radical (unpaired) electrons. The van der Waals surface area contributed by atoms with Crippen molar-refractivity contribution in [3.8, 4) is 0 Å². The van der Waals surface area contributed by atoms with Crippen LogP contribution >= 0.6 is 0 Å². The van der Waals surface area contributed by atoms with E-state index in [-0.39, 0.29) is 11.7 Å². The zero-order chi connectivity index (χ0) is 13.6. The average molecular weight is 269 g/mol. The minimum Gasteiger partial charge on any atom is -0.384 e. The summed E-state index contributed by atoms with van der Waals surface area (Å²) < 4.78 is 23.6. The van der Waals surface area contributed by atoms with E-state index in [4.69, 9.17) is 0 Å². The van der Waals surface area contributed by atoms with Crippen LogP contribution in [0.2, 0.25) is 0 Å². The Balaban J connectivity index is 2.39. The molecular formula is C14H23NO2S. The van der Waals surface area contributed by atoms with Gasteiger partial charge in [0.15, 0.2) is 9.84 Å². The molecule has 0 spiro atoms. The predicted octanol–water partition coefficient (Wildman–Crippen LogP) is 2.87. The van der Waals surface area contributed by atoms with Gasteiger partial charge in [0.05, 0.1) is 11.5 Å². The van der Waals surface area contributed by atoms with Gasteiger partial charge in [-0.2, -0.15) is 0 Å². The summed E-state index contributed by atoms with van der Waals surface area (Å²) in [6.45, 7) is 6.50. The largest absolute Gasteiger partial charge is 0.384 e. The first-order valence-corrected chi connectivity index (χ1v) is 8.26. The second-order valence-corrected chi connectivity index (χ2v) is 7.15. The molecule has 0 aliphatic carbocycles. The number of anilines is 1. The topological polar surface area (TPSA) is 46.2 Å². The monoisotopic (exact) mass is 269 g/mol. The van der Waals surface area contributed by atoms with E-state index >= 15 is 0 Å². The first-order chi connectivity index (χ1) is 8.43. The zero-order valence-corrected chi connectivity index (χ0v) is 12.3. The lowest BCUT2D eigenvalue weighted by atomic mass is 10.2. The van der Waals surface area contributed by atoms with Crippen LogP contribution in [0.1, 0.15) is 25.8 Å². The third-order valence-electron chi connectivity index (χ3n) is 3.03. The Morgan fingerprint density at radius 2 is 1.83 bits per heavy atom. The second kappa shape index (κ2) is 6.78. The molecule has 1 N–H and O–H groups in total. The molecule has 0 aliphatic rings. The number of hydrogen-bond acceptors (Lipinski definition) is 3. The van der Waals surface area contributed by atoms with Crippen LogP contribution in [0, 0.1) is 12.8 Å². The molecule has 1 atom stereocenters. The van der Waals surface area contributed by atoms with E-state index in [0.717, 1.165) is 12.1 Å². The van der Waals surface area contributed by atoms with Crippen molar-refractivity contribution < 1.29 is 8.42 Å². The third-order valence-corrected chi connectivity index (χ3v) is 4.93. The van der Waals surface area contributed by atoms with Gasteiger partial charge >= 0.3 is 0 Å². The Kier molecular flexibility index (Phi) is 5.66. The van der Waals surface area contributed by atoms with E-state index in [1.165, 1.54) is 5.56 Å². The van der Waals surface area contributed by atoms with Gasteiger partial charge in [-0.3, -0.25) is 0 Å².